The molecule has 146 valence electrons. The zero-order chi connectivity index (χ0) is 20.5. The van der Waals surface area contributed by atoms with Crippen LogP contribution in [0.5, 0.6) is 0 Å². The van der Waals surface area contributed by atoms with E-state index >= 15 is 0 Å². The number of allylic oxidation sites excluding steroid dienone is 3. The van der Waals surface area contributed by atoms with Gasteiger partial charge in [0.1, 0.15) is 5.82 Å². The van der Waals surface area contributed by atoms with Crippen LogP contribution in [0, 0.1) is 18.3 Å². The van der Waals surface area contributed by atoms with Crippen LogP contribution in [0.15, 0.2) is 71.2 Å². The molecule has 2 aromatic rings. The Balaban J connectivity index is 1.84. The first-order valence-corrected chi connectivity index (χ1v) is 9.92. The van der Waals surface area contributed by atoms with E-state index in [2.05, 4.69) is 11.5 Å². The number of nitrogens with zero attached hydrogens (tertiary/aromatic N) is 2. The summed E-state index contributed by atoms with van der Waals surface area (Å²) in [5, 5.41) is 12.3. The first-order chi connectivity index (χ1) is 14.0. The Morgan fingerprint density at radius 3 is 2.48 bits per heavy atom. The van der Waals surface area contributed by atoms with Crippen molar-refractivity contribution in [1.29, 1.82) is 5.26 Å². The van der Waals surface area contributed by atoms with E-state index < -0.39 is 5.92 Å². The molecular formula is C23H21ClN4O. The number of carbonyl (C=O) groups is 1. The predicted molar refractivity (Wildman–Crippen MR) is 114 cm³/mol. The van der Waals surface area contributed by atoms with Crippen molar-refractivity contribution in [2.24, 2.45) is 5.73 Å². The highest BCUT2D eigenvalue weighted by Crippen LogP contribution is 2.44. The Morgan fingerprint density at radius 2 is 1.83 bits per heavy atom. The number of ketones is 1. The SMILES string of the molecule is Cc1ccc(NN2C(N)=C(C#N)[C@@H](c3ccc(Cl)cc3)C3=C2CCCC3=O)cc1. The number of nitrogens with one attached hydrogen (secondary N) is 1. The minimum Gasteiger partial charge on any atom is -0.383 e. The number of rotatable bonds is 3. The van der Waals surface area contributed by atoms with Gasteiger partial charge in [0.05, 0.1) is 23.2 Å². The van der Waals surface area contributed by atoms with Crippen molar-refractivity contribution in [1.82, 2.24) is 5.01 Å². The van der Waals surface area contributed by atoms with E-state index in [9.17, 15) is 10.1 Å². The van der Waals surface area contributed by atoms with E-state index in [1.54, 1.807) is 17.1 Å². The topological polar surface area (TPSA) is 82.2 Å². The van der Waals surface area contributed by atoms with Gasteiger partial charge in [0.2, 0.25) is 0 Å². The van der Waals surface area contributed by atoms with Gasteiger partial charge in [-0.2, -0.15) is 5.26 Å². The average molecular weight is 405 g/mol. The quantitative estimate of drug-likeness (QED) is 0.769. The number of halogens is 1. The molecule has 0 saturated carbocycles. The number of nitriles is 1. The van der Waals surface area contributed by atoms with E-state index in [4.69, 9.17) is 17.3 Å². The fraction of sp³-hybridized carbons (Fsp3) is 0.217. The summed E-state index contributed by atoms with van der Waals surface area (Å²) in [4.78, 5) is 13.0. The summed E-state index contributed by atoms with van der Waals surface area (Å²) in [5.74, 6) is -0.0974. The highest BCUT2D eigenvalue weighted by Gasteiger charge is 2.40. The maximum Gasteiger partial charge on any atom is 0.161 e. The molecule has 3 N–H and O–H groups in total. The summed E-state index contributed by atoms with van der Waals surface area (Å²) in [6.07, 6.45) is 1.94. The lowest BCUT2D eigenvalue weighted by atomic mass is 9.76. The largest absolute Gasteiger partial charge is 0.383 e. The van der Waals surface area contributed by atoms with Crippen LogP contribution in [0.4, 0.5) is 5.69 Å². The fourth-order valence-corrected chi connectivity index (χ4v) is 4.09. The first kappa shape index (κ1) is 19.1. The third kappa shape index (κ3) is 3.48. The van der Waals surface area contributed by atoms with Crippen LogP contribution in [0.1, 0.15) is 36.3 Å². The van der Waals surface area contributed by atoms with Crippen molar-refractivity contribution >= 4 is 23.1 Å². The summed E-state index contributed by atoms with van der Waals surface area (Å²) < 4.78 is 0. The second kappa shape index (κ2) is 7.65. The van der Waals surface area contributed by atoms with Crippen LogP contribution in [0.25, 0.3) is 0 Å². The van der Waals surface area contributed by atoms with Crippen LogP contribution >= 0.6 is 11.6 Å². The Hall–Kier alpha value is -3.23. The van der Waals surface area contributed by atoms with E-state index in [0.717, 1.165) is 28.9 Å². The molecule has 0 unspecified atom stereocenters. The second-order valence-corrected chi connectivity index (χ2v) is 7.78. The number of hydrogen-bond acceptors (Lipinski definition) is 5. The van der Waals surface area contributed by atoms with Gasteiger partial charge in [0, 0.05) is 22.7 Å². The number of hydrazine groups is 1. The molecule has 1 atom stereocenters. The smallest absolute Gasteiger partial charge is 0.161 e. The molecule has 2 aliphatic rings. The molecule has 0 saturated heterocycles. The van der Waals surface area contributed by atoms with Gasteiger partial charge in [-0.1, -0.05) is 41.4 Å². The number of benzene rings is 2. The lowest BCUT2D eigenvalue weighted by Gasteiger charge is -2.39. The van der Waals surface area contributed by atoms with Crippen molar-refractivity contribution < 1.29 is 4.79 Å². The molecule has 0 aromatic heterocycles. The molecule has 0 fully saturated rings. The molecule has 2 aromatic carbocycles. The number of aryl methyl sites for hydroxylation is 1. The molecule has 0 radical (unpaired) electrons. The Bertz CT molecular complexity index is 1060. The van der Waals surface area contributed by atoms with Gasteiger partial charge < -0.3 is 5.73 Å². The Morgan fingerprint density at radius 1 is 1.14 bits per heavy atom. The fourth-order valence-electron chi connectivity index (χ4n) is 3.96. The first-order valence-electron chi connectivity index (χ1n) is 9.54. The van der Waals surface area contributed by atoms with Crippen molar-refractivity contribution in [2.75, 3.05) is 5.43 Å². The number of carbonyl (C=O) groups excluding carboxylic acids is 1. The molecule has 1 heterocycles. The summed E-state index contributed by atoms with van der Waals surface area (Å²) in [5.41, 5.74) is 14.4. The maximum absolute atomic E-state index is 13.0. The number of Topliss-reactive ketones (excluding diaryl/α,β-unsaturated/α-hetero) is 1. The van der Waals surface area contributed by atoms with E-state index in [0.29, 0.717) is 34.8 Å². The molecule has 6 heteroatoms. The predicted octanol–water partition coefficient (Wildman–Crippen LogP) is 4.78. The zero-order valence-electron chi connectivity index (χ0n) is 16.1. The Labute approximate surface area is 175 Å². The van der Waals surface area contributed by atoms with Gasteiger partial charge in [0.15, 0.2) is 5.78 Å². The van der Waals surface area contributed by atoms with Gasteiger partial charge in [-0.15, -0.1) is 0 Å². The average Bonchev–Trinajstić information content (AvgIpc) is 2.72. The van der Waals surface area contributed by atoms with Crippen molar-refractivity contribution in [2.45, 2.75) is 32.1 Å². The van der Waals surface area contributed by atoms with Gasteiger partial charge in [0.25, 0.3) is 0 Å². The van der Waals surface area contributed by atoms with E-state index in [1.807, 2.05) is 43.3 Å². The highest BCUT2D eigenvalue weighted by atomic mass is 35.5. The monoisotopic (exact) mass is 404 g/mol. The van der Waals surface area contributed by atoms with Gasteiger partial charge in [-0.25, -0.2) is 5.01 Å². The van der Waals surface area contributed by atoms with Crippen LogP contribution in [-0.2, 0) is 4.79 Å². The molecular weight excluding hydrogens is 384 g/mol. The minimum absolute atomic E-state index is 0.0576. The van der Waals surface area contributed by atoms with Crippen LogP contribution in [0.2, 0.25) is 5.02 Å². The van der Waals surface area contributed by atoms with Crippen molar-refractivity contribution in [3.63, 3.8) is 0 Å². The third-order valence-electron chi connectivity index (χ3n) is 5.41. The van der Waals surface area contributed by atoms with Gasteiger partial charge >= 0.3 is 0 Å². The second-order valence-electron chi connectivity index (χ2n) is 7.35. The summed E-state index contributed by atoms with van der Waals surface area (Å²) >= 11 is 6.04. The lowest BCUT2D eigenvalue weighted by molar-refractivity contribution is -0.116. The normalized spacial score (nSPS) is 19.1. The molecule has 0 spiro atoms. The maximum atomic E-state index is 13.0. The number of nitrogens with two attached hydrogens (primary N) is 1. The van der Waals surface area contributed by atoms with E-state index in [1.165, 1.54) is 0 Å². The standard InChI is InChI=1S/C23H21ClN4O/c1-14-5-11-17(12-6-14)27-28-19-3-2-4-20(29)22(19)21(18(13-25)23(28)26)15-7-9-16(24)10-8-15/h5-12,21,27H,2-4,26H2,1H3/t21-/m1/s1. The van der Waals surface area contributed by atoms with Gasteiger partial charge in [-0.3, -0.25) is 10.2 Å². The molecule has 29 heavy (non-hydrogen) atoms. The summed E-state index contributed by atoms with van der Waals surface area (Å²) in [6.45, 7) is 2.02. The van der Waals surface area contributed by atoms with Gasteiger partial charge in [-0.05, 0) is 49.6 Å². The molecule has 0 bridgehead atoms. The van der Waals surface area contributed by atoms with E-state index in [-0.39, 0.29) is 5.78 Å². The third-order valence-corrected chi connectivity index (χ3v) is 5.66. The number of anilines is 1. The molecule has 5 nitrogen and oxygen atoms in total. The Kier molecular flexibility index (Phi) is 5.04. The van der Waals surface area contributed by atoms with Crippen molar-refractivity contribution in [3.8, 4) is 6.07 Å². The molecule has 0 amide bonds. The highest BCUT2D eigenvalue weighted by molar-refractivity contribution is 6.30. The van der Waals surface area contributed by atoms with Crippen molar-refractivity contribution in [3.05, 3.63) is 87.3 Å². The van der Waals surface area contributed by atoms with Crippen LogP contribution in [-0.4, -0.2) is 10.8 Å². The molecule has 4 rings (SSSR count). The molecule has 1 aliphatic heterocycles. The molecule has 1 aliphatic carbocycles. The zero-order valence-corrected chi connectivity index (χ0v) is 16.8. The lowest BCUT2D eigenvalue weighted by Crippen LogP contribution is -2.41. The summed E-state index contributed by atoms with van der Waals surface area (Å²) in [6, 6.07) is 17.4. The van der Waals surface area contributed by atoms with Crippen LogP contribution in [0.3, 0.4) is 0 Å². The summed E-state index contributed by atoms with van der Waals surface area (Å²) in [7, 11) is 0. The number of hydrogen-bond donors (Lipinski definition) is 2. The van der Waals surface area contributed by atoms with Crippen LogP contribution < -0.4 is 11.2 Å². The minimum atomic E-state index is -0.476.